The Labute approximate surface area is 114 Å². The summed E-state index contributed by atoms with van der Waals surface area (Å²) in [6.07, 6.45) is 5.29. The van der Waals surface area contributed by atoms with E-state index >= 15 is 0 Å². The van der Waals surface area contributed by atoms with Crippen molar-refractivity contribution in [2.24, 2.45) is 0 Å². The van der Waals surface area contributed by atoms with Crippen LogP contribution in [0.2, 0.25) is 0 Å². The predicted molar refractivity (Wildman–Crippen MR) is 69.3 cm³/mol. The molecule has 0 radical (unpaired) electrons. The Kier molecular flexibility index (Phi) is 3.33. The smallest absolute Gasteiger partial charge is 0.186 e. The second-order valence-corrected chi connectivity index (χ2v) is 5.08. The van der Waals surface area contributed by atoms with Gasteiger partial charge in [0.05, 0.1) is 5.69 Å². The van der Waals surface area contributed by atoms with Crippen molar-refractivity contribution >= 4 is 5.69 Å². The minimum absolute atomic E-state index is 0.101. The summed E-state index contributed by atoms with van der Waals surface area (Å²) in [5.74, 6) is -1.25. The molecule has 0 amide bonds. The van der Waals surface area contributed by atoms with Gasteiger partial charge in [0.2, 0.25) is 0 Å². The number of nitrogen functional groups attached to an aromatic ring is 1. The Morgan fingerprint density at radius 3 is 2.65 bits per heavy atom. The number of benzene rings is 1. The lowest BCUT2D eigenvalue weighted by Gasteiger charge is -2.21. The van der Waals surface area contributed by atoms with Crippen molar-refractivity contribution in [2.45, 2.75) is 38.0 Å². The zero-order valence-electron chi connectivity index (χ0n) is 10.9. The van der Waals surface area contributed by atoms with Crippen LogP contribution in [0.3, 0.4) is 0 Å². The van der Waals surface area contributed by atoms with E-state index in [4.69, 9.17) is 5.73 Å². The van der Waals surface area contributed by atoms with E-state index in [0.29, 0.717) is 5.82 Å². The van der Waals surface area contributed by atoms with Crippen LogP contribution in [0, 0.1) is 11.6 Å². The number of hydrogen-bond donors (Lipinski definition) is 1. The third-order valence-electron chi connectivity index (χ3n) is 3.78. The summed E-state index contributed by atoms with van der Waals surface area (Å²) < 4.78 is 28.7. The molecule has 5 nitrogen and oxygen atoms in total. The summed E-state index contributed by atoms with van der Waals surface area (Å²) in [6, 6.07) is 2.32. The molecule has 2 N–H and O–H groups in total. The maximum Gasteiger partial charge on any atom is 0.186 e. The predicted octanol–water partition coefficient (Wildman–Crippen LogP) is 2.57. The average Bonchev–Trinajstić information content (AvgIpc) is 2.94. The first-order chi connectivity index (χ1) is 9.68. The van der Waals surface area contributed by atoms with Crippen molar-refractivity contribution < 1.29 is 8.78 Å². The number of halogens is 2. The fourth-order valence-electron chi connectivity index (χ4n) is 2.74. The first kappa shape index (κ1) is 13.0. The SMILES string of the molecule is Nc1ccc(F)c(F)c1-n1nnnc1C1CCCCC1. The first-order valence-corrected chi connectivity index (χ1v) is 6.70. The van der Waals surface area contributed by atoms with Crippen LogP contribution in [-0.2, 0) is 0 Å². The molecule has 106 valence electrons. The quantitative estimate of drug-likeness (QED) is 0.858. The Morgan fingerprint density at radius 2 is 1.90 bits per heavy atom. The molecule has 1 aromatic heterocycles. The maximum absolute atomic E-state index is 14.0. The molecule has 1 fully saturated rings. The highest BCUT2D eigenvalue weighted by Crippen LogP contribution is 2.33. The number of rotatable bonds is 2. The topological polar surface area (TPSA) is 69.6 Å². The lowest BCUT2D eigenvalue weighted by Crippen LogP contribution is -2.15. The molecule has 0 unspecified atom stereocenters. The van der Waals surface area contributed by atoms with E-state index in [-0.39, 0.29) is 17.3 Å². The molecular formula is C13H15F2N5. The Bertz CT molecular complexity index is 619. The summed E-state index contributed by atoms with van der Waals surface area (Å²) in [4.78, 5) is 0. The van der Waals surface area contributed by atoms with Gasteiger partial charge in [0, 0.05) is 5.92 Å². The summed E-state index contributed by atoms with van der Waals surface area (Å²) in [7, 11) is 0. The van der Waals surface area contributed by atoms with Gasteiger partial charge in [-0.2, -0.15) is 4.68 Å². The van der Waals surface area contributed by atoms with Crippen LogP contribution in [0.4, 0.5) is 14.5 Å². The van der Waals surface area contributed by atoms with Gasteiger partial charge in [-0.15, -0.1) is 5.10 Å². The Hall–Kier alpha value is -2.05. The second kappa shape index (κ2) is 5.15. The summed E-state index contributed by atoms with van der Waals surface area (Å²) in [5, 5.41) is 11.4. The van der Waals surface area contributed by atoms with Crippen LogP contribution in [0.5, 0.6) is 0 Å². The zero-order valence-corrected chi connectivity index (χ0v) is 10.9. The molecule has 1 aliphatic rings. The molecule has 0 atom stereocenters. The van der Waals surface area contributed by atoms with Gasteiger partial charge in [-0.3, -0.25) is 0 Å². The van der Waals surface area contributed by atoms with Crippen molar-refractivity contribution in [1.82, 2.24) is 20.2 Å². The molecule has 0 spiro atoms. The van der Waals surface area contributed by atoms with Crippen LogP contribution in [0.15, 0.2) is 12.1 Å². The van der Waals surface area contributed by atoms with Gasteiger partial charge in [-0.25, -0.2) is 8.78 Å². The second-order valence-electron chi connectivity index (χ2n) is 5.08. The summed E-state index contributed by atoms with van der Waals surface area (Å²) in [6.45, 7) is 0. The molecule has 1 saturated carbocycles. The summed E-state index contributed by atoms with van der Waals surface area (Å²) in [5.41, 5.74) is 5.77. The highest BCUT2D eigenvalue weighted by atomic mass is 19.2. The molecule has 1 aromatic carbocycles. The number of anilines is 1. The van der Waals surface area contributed by atoms with Crippen LogP contribution < -0.4 is 5.73 Å². The van der Waals surface area contributed by atoms with E-state index < -0.39 is 11.6 Å². The van der Waals surface area contributed by atoms with E-state index in [0.717, 1.165) is 31.7 Å². The third kappa shape index (κ3) is 2.13. The van der Waals surface area contributed by atoms with E-state index in [9.17, 15) is 8.78 Å². The number of hydrogen-bond acceptors (Lipinski definition) is 4. The van der Waals surface area contributed by atoms with Gasteiger partial charge in [-0.1, -0.05) is 19.3 Å². The number of nitrogens with two attached hydrogens (primary N) is 1. The van der Waals surface area contributed by atoms with Gasteiger partial charge < -0.3 is 5.73 Å². The minimum Gasteiger partial charge on any atom is -0.397 e. The Balaban J connectivity index is 2.07. The van der Waals surface area contributed by atoms with Crippen LogP contribution in [-0.4, -0.2) is 20.2 Å². The van der Waals surface area contributed by atoms with Gasteiger partial charge in [0.15, 0.2) is 17.5 Å². The standard InChI is InChI=1S/C13H15F2N5/c14-9-6-7-10(16)12(11(9)15)20-13(17-18-19-20)8-4-2-1-3-5-8/h6-8H,1-5,16H2. The molecular weight excluding hydrogens is 264 g/mol. The van der Waals surface area contributed by atoms with Gasteiger partial charge in [0.25, 0.3) is 0 Å². The molecule has 1 aliphatic carbocycles. The molecule has 0 aliphatic heterocycles. The number of tetrazole rings is 1. The van der Waals surface area contributed by atoms with E-state index in [1.165, 1.54) is 17.2 Å². The van der Waals surface area contributed by atoms with Crippen molar-refractivity contribution in [2.75, 3.05) is 5.73 Å². The zero-order chi connectivity index (χ0) is 14.1. The van der Waals surface area contributed by atoms with Gasteiger partial charge in [0.1, 0.15) is 5.69 Å². The van der Waals surface area contributed by atoms with Crippen molar-refractivity contribution in [3.8, 4) is 5.69 Å². The largest absolute Gasteiger partial charge is 0.397 e. The monoisotopic (exact) mass is 279 g/mol. The van der Waals surface area contributed by atoms with E-state index in [2.05, 4.69) is 15.5 Å². The average molecular weight is 279 g/mol. The molecule has 0 bridgehead atoms. The maximum atomic E-state index is 14.0. The summed E-state index contributed by atoms with van der Waals surface area (Å²) >= 11 is 0. The van der Waals surface area contributed by atoms with Crippen LogP contribution >= 0.6 is 0 Å². The van der Waals surface area contributed by atoms with Crippen molar-refractivity contribution in [3.05, 3.63) is 29.6 Å². The van der Waals surface area contributed by atoms with Crippen molar-refractivity contribution in [3.63, 3.8) is 0 Å². The molecule has 7 heteroatoms. The van der Waals surface area contributed by atoms with Gasteiger partial charge in [-0.05, 0) is 35.4 Å². The normalized spacial score (nSPS) is 16.5. The third-order valence-corrected chi connectivity index (χ3v) is 3.78. The van der Waals surface area contributed by atoms with E-state index in [1.807, 2.05) is 0 Å². The molecule has 20 heavy (non-hydrogen) atoms. The molecule has 0 saturated heterocycles. The van der Waals surface area contributed by atoms with Crippen molar-refractivity contribution in [1.29, 1.82) is 0 Å². The highest BCUT2D eigenvalue weighted by molar-refractivity contribution is 5.58. The minimum atomic E-state index is -1.02. The lowest BCUT2D eigenvalue weighted by molar-refractivity contribution is 0.420. The van der Waals surface area contributed by atoms with Crippen LogP contribution in [0.25, 0.3) is 5.69 Å². The van der Waals surface area contributed by atoms with Gasteiger partial charge >= 0.3 is 0 Å². The number of nitrogens with zero attached hydrogens (tertiary/aromatic N) is 4. The molecule has 3 rings (SSSR count). The number of aromatic nitrogens is 4. The lowest BCUT2D eigenvalue weighted by atomic mass is 9.88. The van der Waals surface area contributed by atoms with E-state index in [1.54, 1.807) is 0 Å². The molecule has 1 heterocycles. The molecule has 2 aromatic rings. The first-order valence-electron chi connectivity index (χ1n) is 6.70. The highest BCUT2D eigenvalue weighted by Gasteiger charge is 2.25. The fraction of sp³-hybridized carbons (Fsp3) is 0.462. The van der Waals surface area contributed by atoms with Crippen LogP contribution in [0.1, 0.15) is 43.8 Å². The fourth-order valence-corrected chi connectivity index (χ4v) is 2.74. The Morgan fingerprint density at radius 1 is 1.15 bits per heavy atom.